The summed E-state index contributed by atoms with van der Waals surface area (Å²) in [6, 6.07) is 6.30. The number of para-hydroxylation sites is 1. The number of halogens is 1. The number of benzene rings is 1. The van der Waals surface area contributed by atoms with Crippen molar-refractivity contribution in [2.24, 2.45) is 0 Å². The molecule has 0 saturated heterocycles. The van der Waals surface area contributed by atoms with Crippen LogP contribution in [0.1, 0.15) is 0 Å². The van der Waals surface area contributed by atoms with Gasteiger partial charge in [-0.15, -0.1) is 0 Å². The third kappa shape index (κ3) is 4.95. The van der Waals surface area contributed by atoms with E-state index in [1.807, 2.05) is 34.0 Å². The number of carboxylic acids is 1. The normalized spacial score (nSPS) is 10.1. The van der Waals surface area contributed by atoms with E-state index in [-0.39, 0.29) is 0 Å². The molecule has 1 rings (SSSR count). The van der Waals surface area contributed by atoms with Gasteiger partial charge in [0.05, 0.1) is 5.69 Å². The van der Waals surface area contributed by atoms with Crippen LogP contribution >= 0.6 is 22.6 Å². The Morgan fingerprint density at radius 1 is 1.17 bits per heavy atom. The molecule has 0 bridgehead atoms. The molecular formula is C11H9IN2O4. The van der Waals surface area contributed by atoms with Gasteiger partial charge in [0.15, 0.2) is 0 Å². The molecule has 3 N–H and O–H groups in total. The second-order valence-electron chi connectivity index (χ2n) is 3.09. The van der Waals surface area contributed by atoms with E-state index in [2.05, 4.69) is 5.32 Å². The van der Waals surface area contributed by atoms with Crippen LogP contribution in [0.25, 0.3) is 0 Å². The van der Waals surface area contributed by atoms with Crippen LogP contribution in [0.4, 0.5) is 10.5 Å². The Hall–Kier alpha value is -1.90. The maximum absolute atomic E-state index is 11.4. The summed E-state index contributed by atoms with van der Waals surface area (Å²) in [5.74, 6) is -2.07. The van der Waals surface area contributed by atoms with Crippen LogP contribution in [-0.2, 0) is 9.59 Å². The van der Waals surface area contributed by atoms with Gasteiger partial charge >= 0.3 is 12.0 Å². The minimum Gasteiger partial charge on any atom is -0.478 e. The Balaban J connectivity index is 2.55. The maximum atomic E-state index is 11.4. The molecule has 0 aromatic heterocycles. The number of carboxylic acid groups (broad SMARTS) is 1. The van der Waals surface area contributed by atoms with Crippen LogP contribution in [0, 0.1) is 3.57 Å². The Bertz CT molecular complexity index is 514. The summed E-state index contributed by atoms with van der Waals surface area (Å²) in [6.45, 7) is 0. The zero-order valence-corrected chi connectivity index (χ0v) is 11.2. The minimum absolute atomic E-state index is 0.561. The van der Waals surface area contributed by atoms with Crippen molar-refractivity contribution in [1.29, 1.82) is 0 Å². The van der Waals surface area contributed by atoms with E-state index in [4.69, 9.17) is 5.11 Å². The predicted molar refractivity (Wildman–Crippen MR) is 73.1 cm³/mol. The molecule has 0 radical (unpaired) electrons. The molecule has 3 amide bonds. The first-order chi connectivity index (χ1) is 8.49. The van der Waals surface area contributed by atoms with Crippen LogP contribution in [-0.4, -0.2) is 23.0 Å². The van der Waals surface area contributed by atoms with Gasteiger partial charge in [0.1, 0.15) is 0 Å². The highest BCUT2D eigenvalue weighted by Crippen LogP contribution is 2.16. The van der Waals surface area contributed by atoms with Gasteiger partial charge in [-0.25, -0.2) is 9.59 Å². The monoisotopic (exact) mass is 360 g/mol. The molecule has 0 aliphatic heterocycles. The molecule has 94 valence electrons. The number of urea groups is 1. The number of hydrogen-bond acceptors (Lipinski definition) is 3. The third-order valence-corrected chi connectivity index (χ3v) is 2.68. The number of nitrogens with one attached hydrogen (secondary N) is 2. The lowest BCUT2D eigenvalue weighted by atomic mass is 10.3. The van der Waals surface area contributed by atoms with Crippen LogP contribution in [0.15, 0.2) is 36.4 Å². The Kier molecular flexibility index (Phi) is 5.31. The van der Waals surface area contributed by atoms with Gasteiger partial charge < -0.3 is 10.4 Å². The van der Waals surface area contributed by atoms with Gasteiger partial charge in [-0.1, -0.05) is 12.1 Å². The smallest absolute Gasteiger partial charge is 0.328 e. The molecule has 18 heavy (non-hydrogen) atoms. The number of carbonyl (C=O) groups excluding carboxylic acids is 2. The van der Waals surface area contributed by atoms with Crippen LogP contribution in [0.5, 0.6) is 0 Å². The fraction of sp³-hybridized carbons (Fsp3) is 0. The van der Waals surface area contributed by atoms with E-state index >= 15 is 0 Å². The van der Waals surface area contributed by atoms with Gasteiger partial charge in [-0.05, 0) is 34.7 Å². The summed E-state index contributed by atoms with van der Waals surface area (Å²) < 4.78 is 0.818. The van der Waals surface area contributed by atoms with Crippen molar-refractivity contribution >= 4 is 46.2 Å². The second kappa shape index (κ2) is 6.74. The zero-order chi connectivity index (χ0) is 13.5. The minimum atomic E-state index is -1.26. The molecule has 7 heteroatoms. The van der Waals surface area contributed by atoms with Gasteiger partial charge in [0.25, 0.3) is 5.91 Å². The van der Waals surface area contributed by atoms with Crippen LogP contribution < -0.4 is 10.6 Å². The Morgan fingerprint density at radius 2 is 1.83 bits per heavy atom. The van der Waals surface area contributed by atoms with E-state index in [0.29, 0.717) is 11.8 Å². The Labute approximate surface area is 116 Å². The lowest BCUT2D eigenvalue weighted by Crippen LogP contribution is -2.33. The fourth-order valence-electron chi connectivity index (χ4n) is 1.02. The zero-order valence-electron chi connectivity index (χ0n) is 9.01. The average molecular weight is 360 g/mol. The molecular weight excluding hydrogens is 351 g/mol. The number of imide groups is 1. The average Bonchev–Trinajstić information content (AvgIpc) is 2.29. The Morgan fingerprint density at radius 3 is 2.44 bits per heavy atom. The molecule has 1 aromatic rings. The first-order valence-electron chi connectivity index (χ1n) is 4.76. The van der Waals surface area contributed by atoms with Gasteiger partial charge in [-0.2, -0.15) is 0 Å². The predicted octanol–water partition coefficient (Wildman–Crippen LogP) is 1.58. The van der Waals surface area contributed by atoms with Gasteiger partial charge in [0.2, 0.25) is 0 Å². The molecule has 0 atom stereocenters. The first-order valence-corrected chi connectivity index (χ1v) is 5.84. The van der Waals surface area contributed by atoms with Crippen LogP contribution in [0.2, 0.25) is 0 Å². The van der Waals surface area contributed by atoms with Gasteiger partial charge in [0, 0.05) is 15.7 Å². The van der Waals surface area contributed by atoms with Crippen LogP contribution in [0.3, 0.4) is 0 Å². The largest absolute Gasteiger partial charge is 0.478 e. The van der Waals surface area contributed by atoms with Crippen molar-refractivity contribution in [3.63, 3.8) is 0 Å². The molecule has 0 aliphatic carbocycles. The van der Waals surface area contributed by atoms with Crippen molar-refractivity contribution in [3.8, 4) is 0 Å². The van der Waals surface area contributed by atoms with Crippen molar-refractivity contribution < 1.29 is 19.5 Å². The number of amides is 3. The van der Waals surface area contributed by atoms with E-state index < -0.39 is 17.9 Å². The summed E-state index contributed by atoms with van der Waals surface area (Å²) in [4.78, 5) is 32.7. The van der Waals surface area contributed by atoms with E-state index in [1.54, 1.807) is 18.2 Å². The van der Waals surface area contributed by atoms with Crippen molar-refractivity contribution in [2.45, 2.75) is 0 Å². The lowest BCUT2D eigenvalue weighted by Gasteiger charge is -2.06. The quantitative estimate of drug-likeness (QED) is 0.564. The highest BCUT2D eigenvalue weighted by atomic mass is 127. The molecule has 0 spiro atoms. The van der Waals surface area contributed by atoms with E-state index in [0.717, 1.165) is 9.65 Å². The van der Waals surface area contributed by atoms with Crippen molar-refractivity contribution in [1.82, 2.24) is 5.32 Å². The van der Waals surface area contributed by atoms with Crippen molar-refractivity contribution in [3.05, 3.63) is 40.0 Å². The summed E-state index contributed by atoms with van der Waals surface area (Å²) in [7, 11) is 0. The van der Waals surface area contributed by atoms with Crippen molar-refractivity contribution in [2.75, 3.05) is 5.32 Å². The lowest BCUT2D eigenvalue weighted by molar-refractivity contribution is -0.131. The van der Waals surface area contributed by atoms with Gasteiger partial charge in [-0.3, -0.25) is 10.1 Å². The topological polar surface area (TPSA) is 95.5 Å². The third-order valence-electron chi connectivity index (χ3n) is 1.74. The summed E-state index contributed by atoms with van der Waals surface area (Å²) in [6.07, 6.45) is 1.41. The molecule has 0 unspecified atom stereocenters. The molecule has 0 fully saturated rings. The molecule has 6 nitrogen and oxygen atoms in total. The molecule has 0 heterocycles. The standard InChI is InChI=1S/C11H9IN2O4/c12-7-3-1-2-4-8(7)13-11(18)14-9(15)5-6-10(16)17/h1-6H,(H,16,17)(H2,13,14,15,18)/b6-5+. The number of anilines is 1. The number of carbonyl (C=O) groups is 3. The highest BCUT2D eigenvalue weighted by Gasteiger charge is 2.07. The van der Waals surface area contributed by atoms with E-state index in [9.17, 15) is 14.4 Å². The fourth-order valence-corrected chi connectivity index (χ4v) is 1.54. The number of aliphatic carboxylic acids is 1. The second-order valence-corrected chi connectivity index (χ2v) is 4.26. The molecule has 0 saturated carbocycles. The SMILES string of the molecule is O=C(O)/C=C/C(=O)NC(=O)Nc1ccccc1I. The molecule has 1 aromatic carbocycles. The summed E-state index contributed by atoms with van der Waals surface area (Å²) >= 11 is 2.03. The maximum Gasteiger partial charge on any atom is 0.328 e. The molecule has 0 aliphatic rings. The highest BCUT2D eigenvalue weighted by molar-refractivity contribution is 14.1. The number of rotatable bonds is 3. The summed E-state index contributed by atoms with van der Waals surface area (Å²) in [5, 5.41) is 12.7. The number of hydrogen-bond donors (Lipinski definition) is 3. The van der Waals surface area contributed by atoms with E-state index in [1.165, 1.54) is 0 Å². The summed E-state index contributed by atoms with van der Waals surface area (Å²) in [5.41, 5.74) is 0.561. The first kappa shape index (κ1) is 14.2.